The third kappa shape index (κ3) is 3.51. The van der Waals surface area contributed by atoms with Crippen LogP contribution in [-0.4, -0.2) is 27.8 Å². The van der Waals surface area contributed by atoms with Crippen LogP contribution in [0.3, 0.4) is 0 Å². The van der Waals surface area contributed by atoms with E-state index in [9.17, 15) is 14.4 Å². The number of carbonyl (C=O) groups is 1. The van der Waals surface area contributed by atoms with E-state index in [1.807, 2.05) is 0 Å². The summed E-state index contributed by atoms with van der Waals surface area (Å²) in [5.74, 6) is -0.299. The molecular weight excluding hydrogens is 276 g/mol. The van der Waals surface area contributed by atoms with Gasteiger partial charge in [-0.1, -0.05) is 0 Å². The van der Waals surface area contributed by atoms with Crippen molar-refractivity contribution in [3.63, 3.8) is 0 Å². The van der Waals surface area contributed by atoms with Gasteiger partial charge in [-0.25, -0.2) is 4.79 Å². The molecule has 0 saturated heterocycles. The number of nitrogens with zero attached hydrogens (tertiary/aromatic N) is 3. The van der Waals surface area contributed by atoms with Crippen LogP contribution in [0.4, 0.5) is 5.82 Å². The van der Waals surface area contributed by atoms with Gasteiger partial charge in [-0.3, -0.25) is 18.7 Å². The van der Waals surface area contributed by atoms with Crippen LogP contribution in [0, 0.1) is 11.3 Å². The highest BCUT2D eigenvalue weighted by Gasteiger charge is 2.18. The first-order valence-electron chi connectivity index (χ1n) is 6.45. The van der Waals surface area contributed by atoms with Crippen molar-refractivity contribution in [2.75, 3.05) is 11.9 Å². The van der Waals surface area contributed by atoms with Crippen molar-refractivity contribution in [1.29, 1.82) is 5.26 Å². The maximum atomic E-state index is 11.9. The number of hydrogen-bond acceptors (Lipinski definition) is 6. The van der Waals surface area contributed by atoms with E-state index in [0.717, 1.165) is 4.57 Å². The molecule has 0 aliphatic carbocycles. The molecule has 1 rings (SSSR count). The van der Waals surface area contributed by atoms with Crippen LogP contribution < -0.4 is 16.6 Å². The van der Waals surface area contributed by atoms with E-state index < -0.39 is 23.3 Å². The number of ether oxygens (including phenoxy) is 1. The molecule has 21 heavy (non-hydrogen) atoms. The Morgan fingerprint density at radius 2 is 2.00 bits per heavy atom. The van der Waals surface area contributed by atoms with Gasteiger partial charge >= 0.3 is 11.7 Å². The molecule has 0 aliphatic rings. The Morgan fingerprint density at radius 1 is 1.38 bits per heavy atom. The van der Waals surface area contributed by atoms with Gasteiger partial charge in [0, 0.05) is 20.1 Å². The molecule has 1 aromatic heterocycles. The summed E-state index contributed by atoms with van der Waals surface area (Å²) in [6.07, 6.45) is 0.0576. The van der Waals surface area contributed by atoms with E-state index in [0.29, 0.717) is 0 Å². The van der Waals surface area contributed by atoms with Gasteiger partial charge in [-0.05, 0) is 13.8 Å². The second-order valence-corrected chi connectivity index (χ2v) is 4.60. The van der Waals surface area contributed by atoms with E-state index in [1.165, 1.54) is 18.7 Å². The van der Waals surface area contributed by atoms with Crippen LogP contribution in [0.2, 0.25) is 0 Å². The first-order chi connectivity index (χ1) is 9.83. The highest BCUT2D eigenvalue weighted by Crippen LogP contribution is 2.10. The third-order valence-electron chi connectivity index (χ3n) is 2.94. The van der Waals surface area contributed by atoms with Crippen molar-refractivity contribution in [3.8, 4) is 6.07 Å². The number of carbonyl (C=O) groups excluding carboxylic acids is 1. The van der Waals surface area contributed by atoms with Crippen molar-refractivity contribution in [3.05, 3.63) is 26.4 Å². The van der Waals surface area contributed by atoms with Crippen molar-refractivity contribution in [1.82, 2.24) is 9.13 Å². The van der Waals surface area contributed by atoms with Gasteiger partial charge in [0.15, 0.2) is 5.56 Å². The van der Waals surface area contributed by atoms with Gasteiger partial charge in [-0.15, -0.1) is 0 Å². The molecule has 1 aromatic rings. The minimum Gasteiger partial charge on any atom is -0.466 e. The topological polar surface area (TPSA) is 106 Å². The summed E-state index contributed by atoms with van der Waals surface area (Å²) >= 11 is 0. The Labute approximate surface area is 121 Å². The lowest BCUT2D eigenvalue weighted by atomic mass is 10.2. The molecule has 0 aliphatic heterocycles. The lowest BCUT2D eigenvalue weighted by Gasteiger charge is -2.18. The molecule has 1 heterocycles. The third-order valence-corrected chi connectivity index (χ3v) is 2.94. The summed E-state index contributed by atoms with van der Waals surface area (Å²) in [7, 11) is 2.75. The number of nitrogens with one attached hydrogen (secondary N) is 1. The zero-order valence-electron chi connectivity index (χ0n) is 12.5. The molecule has 8 nitrogen and oxygen atoms in total. The van der Waals surface area contributed by atoms with E-state index in [1.54, 1.807) is 19.9 Å². The van der Waals surface area contributed by atoms with Crippen LogP contribution >= 0.6 is 0 Å². The first-order valence-corrected chi connectivity index (χ1v) is 6.45. The molecule has 0 aromatic carbocycles. The van der Waals surface area contributed by atoms with E-state index in [-0.39, 0.29) is 24.4 Å². The van der Waals surface area contributed by atoms with Crippen LogP contribution in [-0.2, 0) is 23.6 Å². The Kier molecular flexibility index (Phi) is 5.30. The smallest absolute Gasteiger partial charge is 0.332 e. The molecule has 0 amide bonds. The second-order valence-electron chi connectivity index (χ2n) is 4.60. The number of rotatable bonds is 5. The molecule has 114 valence electrons. The lowest BCUT2D eigenvalue weighted by molar-refractivity contribution is -0.143. The maximum Gasteiger partial charge on any atom is 0.332 e. The zero-order chi connectivity index (χ0) is 16.2. The fourth-order valence-corrected chi connectivity index (χ4v) is 1.87. The predicted octanol–water partition coefficient (Wildman–Crippen LogP) is -0.291. The molecular formula is C13H18N4O4. The first kappa shape index (κ1) is 16.5. The fourth-order valence-electron chi connectivity index (χ4n) is 1.87. The number of anilines is 1. The standard InChI is InChI=1S/C13H18N4O4/c1-5-21-10(18)6-8(2)15-11-9(7-14)12(19)17(4)13(20)16(11)3/h8,15H,5-6H2,1-4H3. The zero-order valence-corrected chi connectivity index (χ0v) is 12.5. The average molecular weight is 294 g/mol. The summed E-state index contributed by atoms with van der Waals surface area (Å²) in [6, 6.07) is 1.39. The lowest BCUT2D eigenvalue weighted by Crippen LogP contribution is -2.40. The van der Waals surface area contributed by atoms with Gasteiger partial charge in [-0.2, -0.15) is 5.26 Å². The van der Waals surface area contributed by atoms with Gasteiger partial charge < -0.3 is 10.1 Å². The molecule has 0 spiro atoms. The summed E-state index contributed by atoms with van der Waals surface area (Å²) in [6.45, 7) is 3.67. The van der Waals surface area contributed by atoms with Gasteiger partial charge in [0.1, 0.15) is 11.9 Å². The fraction of sp³-hybridized carbons (Fsp3) is 0.538. The highest BCUT2D eigenvalue weighted by atomic mass is 16.5. The quantitative estimate of drug-likeness (QED) is 0.748. The van der Waals surface area contributed by atoms with Crippen LogP contribution in [0.1, 0.15) is 25.8 Å². The molecule has 1 unspecified atom stereocenters. The number of esters is 1. The minimum atomic E-state index is -0.675. The molecule has 0 fully saturated rings. The second kappa shape index (κ2) is 6.74. The SMILES string of the molecule is CCOC(=O)CC(C)Nc1c(C#N)c(=O)n(C)c(=O)n1C. The molecule has 1 N–H and O–H groups in total. The monoisotopic (exact) mass is 294 g/mol. The summed E-state index contributed by atoms with van der Waals surface area (Å²) in [5, 5.41) is 12.0. The Morgan fingerprint density at radius 3 is 2.52 bits per heavy atom. The predicted molar refractivity (Wildman–Crippen MR) is 76.0 cm³/mol. The molecule has 8 heteroatoms. The summed E-state index contributed by atoms with van der Waals surface area (Å²) in [5.41, 5.74) is -1.40. The van der Waals surface area contributed by atoms with Crippen LogP contribution in [0.15, 0.2) is 9.59 Å². The summed E-state index contributed by atoms with van der Waals surface area (Å²) < 4.78 is 6.85. The Balaban J connectivity index is 3.15. The maximum absolute atomic E-state index is 11.9. The van der Waals surface area contributed by atoms with Crippen molar-refractivity contribution in [2.45, 2.75) is 26.3 Å². The molecule has 0 bridgehead atoms. The van der Waals surface area contributed by atoms with E-state index in [4.69, 9.17) is 10.00 Å². The van der Waals surface area contributed by atoms with Gasteiger partial charge in [0.2, 0.25) is 0 Å². The number of hydrogen-bond donors (Lipinski definition) is 1. The van der Waals surface area contributed by atoms with Gasteiger partial charge in [0.05, 0.1) is 13.0 Å². The number of aromatic nitrogens is 2. The van der Waals surface area contributed by atoms with Crippen LogP contribution in [0.25, 0.3) is 0 Å². The highest BCUT2D eigenvalue weighted by molar-refractivity contribution is 5.70. The van der Waals surface area contributed by atoms with Crippen molar-refractivity contribution in [2.24, 2.45) is 14.1 Å². The van der Waals surface area contributed by atoms with Gasteiger partial charge in [0.25, 0.3) is 5.56 Å². The average Bonchev–Trinajstić information content (AvgIpc) is 2.43. The van der Waals surface area contributed by atoms with Crippen molar-refractivity contribution < 1.29 is 9.53 Å². The van der Waals surface area contributed by atoms with Crippen LogP contribution in [0.5, 0.6) is 0 Å². The molecule has 1 atom stereocenters. The Bertz CT molecular complexity index is 696. The summed E-state index contributed by atoms with van der Waals surface area (Å²) in [4.78, 5) is 35.2. The Hall–Kier alpha value is -2.56. The largest absolute Gasteiger partial charge is 0.466 e. The molecule has 0 saturated carbocycles. The number of nitriles is 1. The normalized spacial score (nSPS) is 11.6. The van der Waals surface area contributed by atoms with E-state index >= 15 is 0 Å². The molecule has 0 radical (unpaired) electrons. The van der Waals surface area contributed by atoms with E-state index in [2.05, 4.69) is 5.32 Å². The minimum absolute atomic E-state index is 0.0576. The van der Waals surface area contributed by atoms with Crippen molar-refractivity contribution >= 4 is 11.8 Å².